The summed E-state index contributed by atoms with van der Waals surface area (Å²) in [7, 11) is 3.81. The third kappa shape index (κ3) is 4.56. The van der Waals surface area contributed by atoms with Crippen molar-refractivity contribution >= 4 is 44.8 Å². The highest BCUT2D eigenvalue weighted by Gasteiger charge is 2.15. The van der Waals surface area contributed by atoms with Gasteiger partial charge in [-0.25, -0.2) is 0 Å². The SMILES string of the molecule is Cc1ccc(NC(=O)C(=O)Nc2cccc(N(C)C)c2)c(Br)c1. The minimum atomic E-state index is -0.718. The van der Waals surface area contributed by atoms with Crippen LogP contribution in [0.3, 0.4) is 0 Å². The third-order valence-corrected chi connectivity index (χ3v) is 3.86. The quantitative estimate of drug-likeness (QED) is 0.808. The van der Waals surface area contributed by atoms with Crippen LogP contribution in [0.15, 0.2) is 46.9 Å². The van der Waals surface area contributed by atoms with E-state index < -0.39 is 11.8 Å². The Morgan fingerprint density at radius 1 is 1.00 bits per heavy atom. The fourth-order valence-electron chi connectivity index (χ4n) is 1.95. The molecule has 2 amide bonds. The van der Waals surface area contributed by atoms with Gasteiger partial charge >= 0.3 is 11.8 Å². The largest absolute Gasteiger partial charge is 0.378 e. The van der Waals surface area contributed by atoms with Gasteiger partial charge in [0.15, 0.2) is 0 Å². The van der Waals surface area contributed by atoms with Gasteiger partial charge in [-0.1, -0.05) is 12.1 Å². The lowest BCUT2D eigenvalue weighted by Gasteiger charge is -2.14. The number of rotatable bonds is 3. The number of anilines is 3. The number of nitrogens with zero attached hydrogens (tertiary/aromatic N) is 1. The highest BCUT2D eigenvalue weighted by molar-refractivity contribution is 9.10. The normalized spacial score (nSPS) is 10.1. The standard InChI is InChI=1S/C17H18BrN3O2/c1-11-7-8-15(14(18)9-11)20-17(23)16(22)19-12-5-4-6-13(10-12)21(2)3/h4-10H,1-3H3,(H,19,22)(H,20,23). The maximum absolute atomic E-state index is 12.0. The minimum Gasteiger partial charge on any atom is -0.378 e. The molecule has 2 N–H and O–H groups in total. The first-order valence-electron chi connectivity index (χ1n) is 7.02. The molecule has 0 aliphatic rings. The Bertz CT molecular complexity index is 744. The highest BCUT2D eigenvalue weighted by Crippen LogP contribution is 2.23. The molecule has 0 radical (unpaired) electrons. The van der Waals surface area contributed by atoms with Crippen LogP contribution >= 0.6 is 15.9 Å². The Balaban J connectivity index is 2.05. The maximum atomic E-state index is 12.0. The van der Waals surface area contributed by atoms with Crippen LogP contribution < -0.4 is 15.5 Å². The summed E-state index contributed by atoms with van der Waals surface area (Å²) in [6.07, 6.45) is 0. The number of hydrogen-bond acceptors (Lipinski definition) is 3. The molecule has 5 nitrogen and oxygen atoms in total. The second-order valence-corrected chi connectivity index (χ2v) is 6.19. The van der Waals surface area contributed by atoms with Gasteiger partial charge in [-0.05, 0) is 58.7 Å². The van der Waals surface area contributed by atoms with Crippen LogP contribution in [0.4, 0.5) is 17.1 Å². The van der Waals surface area contributed by atoms with E-state index in [1.54, 1.807) is 18.2 Å². The lowest BCUT2D eigenvalue weighted by atomic mass is 10.2. The number of aryl methyl sites for hydroxylation is 1. The molecular formula is C17H18BrN3O2. The van der Waals surface area contributed by atoms with Gasteiger partial charge in [0.1, 0.15) is 0 Å². The summed E-state index contributed by atoms with van der Waals surface area (Å²) in [6, 6.07) is 12.7. The van der Waals surface area contributed by atoms with Crippen molar-refractivity contribution < 1.29 is 9.59 Å². The number of benzene rings is 2. The topological polar surface area (TPSA) is 61.4 Å². The molecule has 120 valence electrons. The molecule has 0 heterocycles. The van der Waals surface area contributed by atoms with E-state index in [0.717, 1.165) is 15.7 Å². The molecule has 2 rings (SSSR count). The van der Waals surface area contributed by atoms with Crippen molar-refractivity contribution in [1.29, 1.82) is 0 Å². The van der Waals surface area contributed by atoms with Crippen molar-refractivity contribution in [1.82, 2.24) is 0 Å². The molecule has 0 aliphatic heterocycles. The average Bonchev–Trinajstić information content (AvgIpc) is 2.50. The molecule has 6 heteroatoms. The summed E-state index contributed by atoms with van der Waals surface area (Å²) in [5.41, 5.74) is 3.11. The summed E-state index contributed by atoms with van der Waals surface area (Å²) in [4.78, 5) is 26.0. The maximum Gasteiger partial charge on any atom is 0.314 e. The van der Waals surface area contributed by atoms with E-state index in [0.29, 0.717) is 11.4 Å². The van der Waals surface area contributed by atoms with Crippen LogP contribution in [0.2, 0.25) is 0 Å². The Morgan fingerprint density at radius 3 is 2.35 bits per heavy atom. The Labute approximate surface area is 143 Å². The molecule has 0 atom stereocenters. The van der Waals surface area contributed by atoms with E-state index >= 15 is 0 Å². The highest BCUT2D eigenvalue weighted by atomic mass is 79.9. The molecular weight excluding hydrogens is 358 g/mol. The molecule has 2 aromatic rings. The number of nitrogens with one attached hydrogen (secondary N) is 2. The predicted octanol–water partition coefficient (Wildman–Crippen LogP) is 3.40. The molecule has 0 aliphatic carbocycles. The lowest BCUT2D eigenvalue weighted by Crippen LogP contribution is -2.29. The van der Waals surface area contributed by atoms with Crippen LogP contribution in [0.1, 0.15) is 5.56 Å². The molecule has 0 aromatic heterocycles. The Kier molecular flexibility index (Phi) is 5.39. The molecule has 0 saturated carbocycles. The number of amides is 2. The minimum absolute atomic E-state index is 0.554. The fraction of sp³-hybridized carbons (Fsp3) is 0.176. The number of halogens is 1. The summed E-state index contributed by atoms with van der Waals surface area (Å²) < 4.78 is 0.730. The second kappa shape index (κ2) is 7.28. The zero-order valence-corrected chi connectivity index (χ0v) is 14.8. The zero-order valence-electron chi connectivity index (χ0n) is 13.2. The summed E-state index contributed by atoms with van der Waals surface area (Å²) in [5.74, 6) is -1.43. The van der Waals surface area contributed by atoms with Crippen molar-refractivity contribution in [2.24, 2.45) is 0 Å². The average molecular weight is 376 g/mol. The first-order valence-corrected chi connectivity index (χ1v) is 7.82. The van der Waals surface area contributed by atoms with E-state index in [1.807, 2.05) is 50.2 Å². The van der Waals surface area contributed by atoms with Crippen LogP contribution in [0.5, 0.6) is 0 Å². The van der Waals surface area contributed by atoms with E-state index in [2.05, 4.69) is 26.6 Å². The van der Waals surface area contributed by atoms with E-state index in [4.69, 9.17) is 0 Å². The van der Waals surface area contributed by atoms with Gasteiger partial charge in [-0.2, -0.15) is 0 Å². The van der Waals surface area contributed by atoms with Gasteiger partial charge in [0, 0.05) is 29.9 Å². The van der Waals surface area contributed by atoms with Gasteiger partial charge in [-0.15, -0.1) is 0 Å². The Morgan fingerprint density at radius 2 is 1.70 bits per heavy atom. The van der Waals surface area contributed by atoms with Gasteiger partial charge in [-0.3, -0.25) is 9.59 Å². The molecule has 0 fully saturated rings. The lowest BCUT2D eigenvalue weighted by molar-refractivity contribution is -0.133. The summed E-state index contributed by atoms with van der Waals surface area (Å²) in [5, 5.41) is 5.18. The van der Waals surface area contributed by atoms with Crippen molar-refractivity contribution in [3.63, 3.8) is 0 Å². The van der Waals surface area contributed by atoms with E-state index in [9.17, 15) is 9.59 Å². The van der Waals surface area contributed by atoms with E-state index in [-0.39, 0.29) is 0 Å². The summed E-state index contributed by atoms with van der Waals surface area (Å²) >= 11 is 3.37. The Hall–Kier alpha value is -2.34. The molecule has 0 bridgehead atoms. The molecule has 0 unspecified atom stereocenters. The monoisotopic (exact) mass is 375 g/mol. The van der Waals surface area contributed by atoms with Crippen molar-refractivity contribution in [2.75, 3.05) is 29.6 Å². The van der Waals surface area contributed by atoms with E-state index in [1.165, 1.54) is 0 Å². The number of carbonyl (C=O) groups excluding carboxylic acids is 2. The molecule has 2 aromatic carbocycles. The third-order valence-electron chi connectivity index (χ3n) is 3.20. The first-order chi connectivity index (χ1) is 10.9. The van der Waals surface area contributed by atoms with Crippen LogP contribution in [-0.2, 0) is 9.59 Å². The fourth-order valence-corrected chi connectivity index (χ4v) is 2.54. The van der Waals surface area contributed by atoms with Crippen molar-refractivity contribution in [2.45, 2.75) is 6.92 Å². The molecule has 23 heavy (non-hydrogen) atoms. The first kappa shape index (κ1) is 17.0. The smallest absolute Gasteiger partial charge is 0.314 e. The second-order valence-electron chi connectivity index (χ2n) is 5.34. The molecule has 0 spiro atoms. The van der Waals surface area contributed by atoms with Gasteiger partial charge in [0.05, 0.1) is 5.69 Å². The van der Waals surface area contributed by atoms with Gasteiger partial charge in [0.25, 0.3) is 0 Å². The zero-order chi connectivity index (χ0) is 17.0. The van der Waals surface area contributed by atoms with Crippen molar-refractivity contribution in [3.8, 4) is 0 Å². The van der Waals surface area contributed by atoms with Gasteiger partial charge < -0.3 is 15.5 Å². The van der Waals surface area contributed by atoms with Crippen LogP contribution in [0.25, 0.3) is 0 Å². The predicted molar refractivity (Wildman–Crippen MR) is 96.9 cm³/mol. The summed E-state index contributed by atoms with van der Waals surface area (Å²) in [6.45, 7) is 1.95. The molecule has 0 saturated heterocycles. The van der Waals surface area contributed by atoms with Crippen LogP contribution in [0, 0.1) is 6.92 Å². The number of hydrogen-bond donors (Lipinski definition) is 2. The van der Waals surface area contributed by atoms with Crippen molar-refractivity contribution in [3.05, 3.63) is 52.5 Å². The van der Waals surface area contributed by atoms with Gasteiger partial charge in [0.2, 0.25) is 0 Å². The number of carbonyl (C=O) groups is 2. The van der Waals surface area contributed by atoms with Crippen LogP contribution in [-0.4, -0.2) is 25.9 Å².